The van der Waals surface area contributed by atoms with Crippen molar-refractivity contribution in [2.45, 2.75) is 0 Å². The number of nitrogens with zero attached hydrogens (tertiary/aromatic N) is 1. The predicted octanol–water partition coefficient (Wildman–Crippen LogP) is 2.55. The molecule has 2 rings (SSSR count). The van der Waals surface area contributed by atoms with E-state index in [9.17, 15) is 4.79 Å². The van der Waals surface area contributed by atoms with Crippen LogP contribution in [-0.4, -0.2) is 29.0 Å². The normalized spacial score (nSPS) is 16.5. The Balaban J connectivity index is 2.17. The van der Waals surface area contributed by atoms with Gasteiger partial charge in [-0.15, -0.1) is 23.1 Å². The van der Waals surface area contributed by atoms with Crippen molar-refractivity contribution in [3.63, 3.8) is 0 Å². The molecule has 1 aromatic heterocycles. The van der Waals surface area contributed by atoms with Crippen LogP contribution in [0.2, 0.25) is 5.02 Å². The van der Waals surface area contributed by atoms with Crippen molar-refractivity contribution in [2.24, 2.45) is 0 Å². The molecule has 2 heterocycles. The van der Waals surface area contributed by atoms with Gasteiger partial charge in [0.2, 0.25) is 0 Å². The first-order valence-electron chi connectivity index (χ1n) is 3.89. The highest BCUT2D eigenvalue weighted by atomic mass is 35.5. The topological polar surface area (TPSA) is 20.3 Å². The molecule has 13 heavy (non-hydrogen) atoms. The number of thioether (sulfide) groups is 1. The number of thiophene rings is 1. The molecule has 1 aliphatic rings. The summed E-state index contributed by atoms with van der Waals surface area (Å²) in [4.78, 5) is 14.3. The maximum Gasteiger partial charge on any atom is 0.266 e. The van der Waals surface area contributed by atoms with Gasteiger partial charge in [0.1, 0.15) is 4.88 Å². The van der Waals surface area contributed by atoms with Crippen LogP contribution < -0.4 is 0 Å². The Labute approximate surface area is 89.9 Å². The third kappa shape index (κ3) is 1.85. The molecule has 0 aromatic carbocycles. The highest BCUT2D eigenvalue weighted by molar-refractivity contribution is 7.99. The van der Waals surface area contributed by atoms with Crippen LogP contribution >= 0.6 is 34.7 Å². The fraction of sp³-hybridized carbons (Fsp3) is 0.375. The Bertz CT molecular complexity index is 320. The van der Waals surface area contributed by atoms with Crippen LogP contribution in [0, 0.1) is 0 Å². The van der Waals surface area contributed by atoms with Gasteiger partial charge in [0.15, 0.2) is 0 Å². The number of halogens is 1. The lowest BCUT2D eigenvalue weighted by atomic mass is 10.4. The first-order chi connectivity index (χ1) is 6.29. The molecule has 70 valence electrons. The molecule has 0 unspecified atom stereocenters. The van der Waals surface area contributed by atoms with Crippen molar-refractivity contribution < 1.29 is 4.79 Å². The van der Waals surface area contributed by atoms with Gasteiger partial charge >= 0.3 is 0 Å². The molecule has 0 saturated carbocycles. The molecule has 1 aliphatic heterocycles. The predicted molar refractivity (Wildman–Crippen MR) is 57.7 cm³/mol. The Morgan fingerprint density at radius 3 is 3.00 bits per heavy atom. The minimum Gasteiger partial charge on any atom is -0.328 e. The molecule has 1 amide bonds. The van der Waals surface area contributed by atoms with E-state index in [1.54, 1.807) is 17.8 Å². The second-order valence-corrected chi connectivity index (χ2v) is 5.10. The summed E-state index contributed by atoms with van der Waals surface area (Å²) in [5.74, 6) is 1.91. The average molecular weight is 234 g/mol. The van der Waals surface area contributed by atoms with Crippen LogP contribution in [-0.2, 0) is 0 Å². The smallest absolute Gasteiger partial charge is 0.266 e. The minimum atomic E-state index is 0.0741. The van der Waals surface area contributed by atoms with Crippen molar-refractivity contribution in [3.05, 3.63) is 21.3 Å². The molecule has 2 nitrogen and oxygen atoms in total. The Morgan fingerprint density at radius 1 is 1.62 bits per heavy atom. The second kappa shape index (κ2) is 3.90. The number of hydrogen-bond acceptors (Lipinski definition) is 3. The number of carbonyl (C=O) groups is 1. The van der Waals surface area contributed by atoms with Gasteiger partial charge in [-0.05, 0) is 11.4 Å². The van der Waals surface area contributed by atoms with E-state index in [-0.39, 0.29) is 5.91 Å². The molecule has 0 atom stereocenters. The lowest BCUT2D eigenvalue weighted by molar-refractivity contribution is 0.0807. The van der Waals surface area contributed by atoms with Crippen LogP contribution in [0.3, 0.4) is 0 Å². The molecular weight excluding hydrogens is 226 g/mol. The largest absolute Gasteiger partial charge is 0.328 e. The van der Waals surface area contributed by atoms with Gasteiger partial charge in [-0.1, -0.05) is 11.6 Å². The highest BCUT2D eigenvalue weighted by Crippen LogP contribution is 2.25. The molecule has 0 spiro atoms. The molecular formula is C8H8ClNOS2. The fourth-order valence-corrected chi connectivity index (χ4v) is 3.21. The van der Waals surface area contributed by atoms with Crippen LogP contribution in [0.15, 0.2) is 11.4 Å². The second-order valence-electron chi connectivity index (χ2n) is 2.70. The number of amides is 1. The Hall–Kier alpha value is -0.190. The van der Waals surface area contributed by atoms with Gasteiger partial charge in [0.25, 0.3) is 5.91 Å². The van der Waals surface area contributed by atoms with Crippen molar-refractivity contribution in [2.75, 3.05) is 18.2 Å². The fourth-order valence-electron chi connectivity index (χ4n) is 1.16. The molecule has 1 saturated heterocycles. The Kier molecular flexibility index (Phi) is 2.81. The van der Waals surface area contributed by atoms with E-state index in [0.29, 0.717) is 9.90 Å². The maximum absolute atomic E-state index is 11.8. The summed E-state index contributed by atoms with van der Waals surface area (Å²) in [6.45, 7) is 0.845. The van der Waals surface area contributed by atoms with E-state index in [4.69, 9.17) is 11.6 Å². The first-order valence-corrected chi connectivity index (χ1v) is 6.30. The van der Waals surface area contributed by atoms with Crippen LogP contribution in [0.1, 0.15) is 9.67 Å². The molecule has 1 aromatic rings. The minimum absolute atomic E-state index is 0.0741. The van der Waals surface area contributed by atoms with E-state index >= 15 is 0 Å². The monoisotopic (exact) mass is 233 g/mol. The lowest BCUT2D eigenvalue weighted by Crippen LogP contribution is -2.27. The SMILES string of the molecule is O=C(c1sccc1Cl)N1CCSC1. The average Bonchev–Trinajstić information content (AvgIpc) is 2.72. The van der Waals surface area contributed by atoms with Crippen molar-refractivity contribution in [3.8, 4) is 0 Å². The summed E-state index contributed by atoms with van der Waals surface area (Å²) in [5, 5.41) is 2.42. The molecule has 0 N–H and O–H groups in total. The van der Waals surface area contributed by atoms with E-state index < -0.39 is 0 Å². The highest BCUT2D eigenvalue weighted by Gasteiger charge is 2.22. The van der Waals surface area contributed by atoms with Crippen LogP contribution in [0.5, 0.6) is 0 Å². The third-order valence-electron chi connectivity index (χ3n) is 1.85. The zero-order valence-electron chi connectivity index (χ0n) is 6.83. The summed E-state index contributed by atoms with van der Waals surface area (Å²) in [6.07, 6.45) is 0. The van der Waals surface area contributed by atoms with E-state index in [1.807, 2.05) is 10.3 Å². The summed E-state index contributed by atoms with van der Waals surface area (Å²) in [6, 6.07) is 1.77. The number of rotatable bonds is 1. The molecule has 5 heteroatoms. The van der Waals surface area contributed by atoms with Crippen molar-refractivity contribution >= 4 is 40.6 Å². The summed E-state index contributed by atoms with van der Waals surface area (Å²) < 4.78 is 0. The van der Waals surface area contributed by atoms with Crippen molar-refractivity contribution in [1.82, 2.24) is 4.90 Å². The quantitative estimate of drug-likeness (QED) is 0.743. The van der Waals surface area contributed by atoms with Crippen LogP contribution in [0.4, 0.5) is 0 Å². The van der Waals surface area contributed by atoms with Gasteiger partial charge in [0, 0.05) is 12.3 Å². The maximum atomic E-state index is 11.8. The molecule has 0 radical (unpaired) electrons. The molecule has 0 bridgehead atoms. The van der Waals surface area contributed by atoms with Gasteiger partial charge in [-0.2, -0.15) is 0 Å². The van der Waals surface area contributed by atoms with Crippen LogP contribution in [0.25, 0.3) is 0 Å². The van der Waals surface area contributed by atoms with E-state index in [2.05, 4.69) is 0 Å². The van der Waals surface area contributed by atoms with E-state index in [1.165, 1.54) is 11.3 Å². The molecule has 0 aliphatic carbocycles. The first kappa shape index (κ1) is 9.37. The third-order valence-corrected chi connectivity index (χ3v) is 4.15. The van der Waals surface area contributed by atoms with E-state index in [0.717, 1.165) is 18.2 Å². The van der Waals surface area contributed by atoms with Gasteiger partial charge < -0.3 is 4.90 Å². The zero-order chi connectivity index (χ0) is 9.26. The summed E-state index contributed by atoms with van der Waals surface area (Å²) in [5.41, 5.74) is 0. The van der Waals surface area contributed by atoms with Gasteiger partial charge in [-0.25, -0.2) is 0 Å². The standard InChI is InChI=1S/C8H8ClNOS2/c9-6-1-3-13-7(6)8(11)10-2-4-12-5-10/h1,3H,2,4-5H2. The van der Waals surface area contributed by atoms with Gasteiger partial charge in [-0.3, -0.25) is 4.79 Å². The zero-order valence-corrected chi connectivity index (χ0v) is 9.21. The Morgan fingerprint density at radius 2 is 2.46 bits per heavy atom. The summed E-state index contributed by atoms with van der Waals surface area (Å²) >= 11 is 9.06. The van der Waals surface area contributed by atoms with Gasteiger partial charge in [0.05, 0.1) is 10.9 Å². The number of hydrogen-bond donors (Lipinski definition) is 0. The summed E-state index contributed by atoms with van der Waals surface area (Å²) in [7, 11) is 0. The number of carbonyl (C=O) groups excluding carboxylic acids is 1. The molecule has 1 fully saturated rings. The van der Waals surface area contributed by atoms with Crippen molar-refractivity contribution in [1.29, 1.82) is 0 Å². The lowest BCUT2D eigenvalue weighted by Gasteiger charge is -2.12.